The fraction of sp³-hybridized carbons (Fsp3) is 0.926. The van der Waals surface area contributed by atoms with E-state index in [1.165, 1.54) is 12.8 Å². The van der Waals surface area contributed by atoms with Gasteiger partial charge in [-0.3, -0.25) is 0 Å². The Hall–Kier alpha value is -0.540. The van der Waals surface area contributed by atoms with Gasteiger partial charge in [-0.05, 0) is 49.9 Å². The van der Waals surface area contributed by atoms with Crippen molar-refractivity contribution in [1.29, 1.82) is 0 Å². The van der Waals surface area contributed by atoms with Crippen molar-refractivity contribution in [2.45, 2.75) is 108 Å². The predicted octanol–water partition coefficient (Wildman–Crippen LogP) is 3.55. The van der Waals surface area contributed by atoms with Crippen LogP contribution in [0.25, 0.3) is 0 Å². The minimum absolute atomic E-state index is 0.0687. The van der Waals surface area contributed by atoms with Crippen LogP contribution in [0.5, 0.6) is 0 Å². The van der Waals surface area contributed by atoms with Crippen LogP contribution in [-0.2, 0) is 33.2 Å². The summed E-state index contributed by atoms with van der Waals surface area (Å²) >= 11 is 0. The summed E-state index contributed by atoms with van der Waals surface area (Å²) in [5.74, 6) is 1.08. The van der Waals surface area contributed by atoms with Crippen molar-refractivity contribution in [3.63, 3.8) is 0 Å². The molecule has 0 spiro atoms. The van der Waals surface area contributed by atoms with Crippen molar-refractivity contribution >= 4 is 0 Å². The molecular weight excluding hydrogens is 436 g/mol. The van der Waals surface area contributed by atoms with E-state index in [0.29, 0.717) is 24.4 Å². The SMILES string of the molecule is COC1CC(O[C@H]2CC[C@@]3(C)C(=CC[C@@H]4[C@@H]3CC[C@]3(C)[C@H]5[C@H]6CO[C@@]43O[C@@H]5CO6)C2)OC2OC12. The Kier molecular flexibility index (Phi) is 4.47. The smallest absolute Gasteiger partial charge is 0.190 e. The lowest BCUT2D eigenvalue weighted by atomic mass is 9.47. The van der Waals surface area contributed by atoms with E-state index in [9.17, 15) is 0 Å². The normalized spacial score (nSPS) is 61.1. The van der Waals surface area contributed by atoms with Crippen LogP contribution in [0, 0.1) is 28.6 Å². The third-order valence-corrected chi connectivity index (χ3v) is 11.4. The zero-order valence-corrected chi connectivity index (χ0v) is 20.6. The highest BCUT2D eigenvalue weighted by Gasteiger charge is 2.76. The maximum Gasteiger partial charge on any atom is 0.190 e. The average Bonchev–Trinajstić information content (AvgIpc) is 3.45. The van der Waals surface area contributed by atoms with Gasteiger partial charge in [0.25, 0.3) is 0 Å². The van der Waals surface area contributed by atoms with Gasteiger partial charge in [-0.25, -0.2) is 0 Å². The Morgan fingerprint density at radius 1 is 1.03 bits per heavy atom. The van der Waals surface area contributed by atoms with Crippen molar-refractivity contribution in [2.75, 3.05) is 20.3 Å². The zero-order chi connectivity index (χ0) is 22.9. The summed E-state index contributed by atoms with van der Waals surface area (Å²) in [7, 11) is 1.75. The van der Waals surface area contributed by atoms with Crippen molar-refractivity contribution in [2.24, 2.45) is 28.6 Å². The molecule has 8 aliphatic rings. The van der Waals surface area contributed by atoms with Crippen molar-refractivity contribution in [3.05, 3.63) is 11.6 Å². The van der Waals surface area contributed by atoms with Gasteiger partial charge < -0.3 is 33.2 Å². The molecule has 0 aromatic rings. The lowest BCUT2D eigenvalue weighted by Crippen LogP contribution is -2.66. The number of ether oxygens (including phenoxy) is 7. The van der Waals surface area contributed by atoms with E-state index in [4.69, 9.17) is 33.2 Å². The second-order valence-electron chi connectivity index (χ2n) is 12.6. The van der Waals surface area contributed by atoms with E-state index in [1.807, 2.05) is 0 Å². The molecule has 13 atom stereocenters. The maximum absolute atomic E-state index is 6.88. The first-order chi connectivity index (χ1) is 16.4. The van der Waals surface area contributed by atoms with Gasteiger partial charge in [0, 0.05) is 30.8 Å². The summed E-state index contributed by atoms with van der Waals surface area (Å²) in [6.07, 6.45) is 10.4. The fourth-order valence-corrected chi connectivity index (χ4v) is 9.57. The minimum atomic E-state index is -0.435. The number of allylic oxidation sites excluding steroid dienone is 1. The second-order valence-corrected chi connectivity index (χ2v) is 12.6. The summed E-state index contributed by atoms with van der Waals surface area (Å²) in [5, 5.41) is 0. The summed E-state index contributed by atoms with van der Waals surface area (Å²) < 4.78 is 43.3. The van der Waals surface area contributed by atoms with Gasteiger partial charge in [0.15, 0.2) is 18.4 Å². The molecule has 7 fully saturated rings. The minimum Gasteiger partial charge on any atom is -0.378 e. The molecule has 188 valence electrons. The highest BCUT2D eigenvalue weighted by molar-refractivity contribution is 5.28. The van der Waals surface area contributed by atoms with E-state index in [2.05, 4.69) is 19.9 Å². The van der Waals surface area contributed by atoms with Gasteiger partial charge >= 0.3 is 0 Å². The number of epoxide rings is 1. The molecule has 7 heteroatoms. The number of hydrogen-bond acceptors (Lipinski definition) is 7. The molecule has 2 bridgehead atoms. The van der Waals surface area contributed by atoms with Crippen LogP contribution in [0.1, 0.15) is 58.8 Å². The molecular formula is C27H38O7. The summed E-state index contributed by atoms with van der Waals surface area (Å²) in [4.78, 5) is 0. The van der Waals surface area contributed by atoms with Gasteiger partial charge in [-0.15, -0.1) is 0 Å². The molecule has 34 heavy (non-hydrogen) atoms. The average molecular weight is 475 g/mol. The molecule has 2 saturated carbocycles. The third kappa shape index (κ3) is 2.62. The van der Waals surface area contributed by atoms with Crippen LogP contribution >= 0.6 is 0 Å². The van der Waals surface area contributed by atoms with Gasteiger partial charge in [-0.1, -0.05) is 25.5 Å². The predicted molar refractivity (Wildman–Crippen MR) is 120 cm³/mol. The fourth-order valence-electron chi connectivity index (χ4n) is 9.57. The molecule has 5 saturated heterocycles. The molecule has 8 rings (SSSR count). The quantitative estimate of drug-likeness (QED) is 0.458. The molecule has 7 nitrogen and oxygen atoms in total. The molecule has 5 aliphatic heterocycles. The second kappa shape index (κ2) is 7.06. The van der Waals surface area contributed by atoms with Crippen LogP contribution in [0.2, 0.25) is 0 Å². The standard InChI is InChI=1S/C27H38O7/c1-25-8-6-15(31-21-11-18(28-3)23-24(32-21)33-23)10-14(25)4-5-17-16(25)7-9-26(2)22-19-13-30-27(17,26)34-20(22)12-29-19/h4,15-24H,5-13H2,1-3H3/t15-,16-,17+,18?,19+,20+,21?,22-,23?,24?,25-,26+,27+/m0/s1. The summed E-state index contributed by atoms with van der Waals surface area (Å²) in [6.45, 7) is 6.38. The first-order valence-corrected chi connectivity index (χ1v) is 13.6. The Balaban J connectivity index is 1.03. The van der Waals surface area contributed by atoms with Crippen molar-refractivity contribution < 1.29 is 33.2 Å². The molecule has 0 aromatic carbocycles. The first kappa shape index (κ1) is 21.5. The Labute approximate surface area is 201 Å². The lowest BCUT2D eigenvalue weighted by Gasteiger charge is -2.63. The third-order valence-electron chi connectivity index (χ3n) is 11.4. The van der Waals surface area contributed by atoms with Gasteiger partial charge in [0.05, 0.1) is 37.6 Å². The number of fused-ring (bicyclic) bond motifs is 4. The first-order valence-electron chi connectivity index (χ1n) is 13.6. The highest BCUT2D eigenvalue weighted by Crippen LogP contribution is 2.71. The maximum atomic E-state index is 6.88. The van der Waals surface area contributed by atoms with Gasteiger partial charge in [0.1, 0.15) is 6.10 Å². The van der Waals surface area contributed by atoms with E-state index in [0.717, 1.165) is 38.7 Å². The van der Waals surface area contributed by atoms with Crippen LogP contribution in [0.15, 0.2) is 11.6 Å². The lowest BCUT2D eigenvalue weighted by molar-refractivity contribution is -0.356. The summed E-state index contributed by atoms with van der Waals surface area (Å²) in [5.41, 5.74) is 1.85. The molecule has 0 N–H and O–H groups in total. The van der Waals surface area contributed by atoms with E-state index in [-0.39, 0.29) is 53.9 Å². The highest BCUT2D eigenvalue weighted by atomic mass is 16.8. The monoisotopic (exact) mass is 474 g/mol. The Morgan fingerprint density at radius 2 is 1.94 bits per heavy atom. The topological polar surface area (TPSA) is 67.9 Å². The molecule has 3 aliphatic carbocycles. The van der Waals surface area contributed by atoms with Crippen LogP contribution in [0.3, 0.4) is 0 Å². The number of hydrogen-bond donors (Lipinski definition) is 0. The number of methoxy groups -OCH3 is 1. The number of rotatable bonds is 3. The molecule has 4 unspecified atom stereocenters. The van der Waals surface area contributed by atoms with Gasteiger partial charge in [0.2, 0.25) is 0 Å². The molecule has 0 radical (unpaired) electrons. The Morgan fingerprint density at radius 3 is 2.82 bits per heavy atom. The zero-order valence-electron chi connectivity index (χ0n) is 20.6. The largest absolute Gasteiger partial charge is 0.378 e. The Bertz CT molecular complexity index is 907. The van der Waals surface area contributed by atoms with Crippen LogP contribution in [0.4, 0.5) is 0 Å². The van der Waals surface area contributed by atoms with Crippen LogP contribution in [-0.4, -0.2) is 69.2 Å². The van der Waals surface area contributed by atoms with Crippen molar-refractivity contribution in [3.8, 4) is 0 Å². The van der Waals surface area contributed by atoms with E-state index >= 15 is 0 Å². The summed E-state index contributed by atoms with van der Waals surface area (Å²) in [6, 6.07) is 0. The van der Waals surface area contributed by atoms with Crippen molar-refractivity contribution in [1.82, 2.24) is 0 Å². The molecule has 0 aromatic heterocycles. The van der Waals surface area contributed by atoms with Crippen LogP contribution < -0.4 is 0 Å². The van der Waals surface area contributed by atoms with E-state index < -0.39 is 5.79 Å². The molecule has 0 amide bonds. The molecule has 5 heterocycles. The van der Waals surface area contributed by atoms with Gasteiger partial charge in [-0.2, -0.15) is 0 Å². The van der Waals surface area contributed by atoms with E-state index in [1.54, 1.807) is 12.7 Å².